The van der Waals surface area contributed by atoms with E-state index in [1.165, 1.54) is 5.56 Å². The van der Waals surface area contributed by atoms with Gasteiger partial charge in [0.25, 0.3) is 5.91 Å². The van der Waals surface area contributed by atoms with Crippen LogP contribution in [0, 0.1) is 18.3 Å². The van der Waals surface area contributed by atoms with E-state index in [-0.39, 0.29) is 23.3 Å². The van der Waals surface area contributed by atoms with Gasteiger partial charge in [0.2, 0.25) is 0 Å². The number of methoxy groups -OCH3 is 1. The fourth-order valence-electron chi connectivity index (χ4n) is 5.48. The van der Waals surface area contributed by atoms with Gasteiger partial charge in [-0.05, 0) is 87.8 Å². The highest BCUT2D eigenvalue weighted by molar-refractivity contribution is 6.08. The van der Waals surface area contributed by atoms with E-state index in [1.807, 2.05) is 11.8 Å². The number of aryl methyl sites for hydroxylation is 1. The third kappa shape index (κ3) is 4.21. The molecule has 1 atom stereocenters. The molecule has 30 heavy (non-hydrogen) atoms. The minimum Gasteiger partial charge on any atom is -0.381 e. The highest BCUT2D eigenvalue weighted by Crippen LogP contribution is 2.48. The van der Waals surface area contributed by atoms with E-state index in [0.717, 1.165) is 49.1 Å². The normalized spacial score (nSPS) is 27.7. The van der Waals surface area contributed by atoms with E-state index in [4.69, 9.17) is 9.73 Å². The number of ether oxygens (including phenoxy) is 1. The fraction of sp³-hybridized carbons (Fsp3) is 0.692. The lowest BCUT2D eigenvalue weighted by Gasteiger charge is -2.40. The van der Waals surface area contributed by atoms with E-state index < -0.39 is 5.54 Å². The zero-order valence-electron chi connectivity index (χ0n) is 20.2. The van der Waals surface area contributed by atoms with Gasteiger partial charge in [-0.25, -0.2) is 0 Å². The van der Waals surface area contributed by atoms with Crippen molar-refractivity contribution in [3.63, 3.8) is 0 Å². The van der Waals surface area contributed by atoms with Gasteiger partial charge in [-0.1, -0.05) is 39.0 Å². The number of benzene rings is 1. The number of carbonyl (C=O) groups is 1. The molecular formula is C26H40N2O2. The molecule has 1 unspecified atom stereocenters. The highest BCUT2D eigenvalue weighted by Gasteiger charge is 2.55. The first-order valence-electron chi connectivity index (χ1n) is 11.5. The summed E-state index contributed by atoms with van der Waals surface area (Å²) in [7, 11) is 1.80. The molecule has 0 bridgehead atoms. The molecule has 3 rings (SSSR count). The van der Waals surface area contributed by atoms with Crippen LogP contribution in [0.4, 0.5) is 0 Å². The number of nitrogens with zero attached hydrogens (tertiary/aromatic N) is 2. The number of rotatable bonds is 5. The first-order valence-corrected chi connectivity index (χ1v) is 11.5. The quantitative estimate of drug-likeness (QED) is 0.627. The standard InChI is InChI=1S/C26H40N2O2/c1-17(2)28-19(4)27-26(24(28)29,21-11-13-22(30-8)14-12-21)23-15-20(10-9-18(23)3)16-25(5,6)7/h9-10,15,17,21-22H,11-14,16H2,1-8H3. The van der Waals surface area contributed by atoms with Crippen molar-refractivity contribution in [2.24, 2.45) is 16.3 Å². The summed E-state index contributed by atoms with van der Waals surface area (Å²) in [4.78, 5) is 21.2. The van der Waals surface area contributed by atoms with Gasteiger partial charge in [-0.15, -0.1) is 0 Å². The second-order valence-electron chi connectivity index (χ2n) is 10.8. The molecule has 1 aliphatic carbocycles. The number of carbonyl (C=O) groups excluding carboxylic acids is 1. The van der Waals surface area contributed by atoms with Gasteiger partial charge in [0, 0.05) is 13.2 Å². The fourth-order valence-corrected chi connectivity index (χ4v) is 5.48. The maximum absolute atomic E-state index is 14.1. The maximum Gasteiger partial charge on any atom is 0.261 e. The summed E-state index contributed by atoms with van der Waals surface area (Å²) in [5, 5.41) is 0. The monoisotopic (exact) mass is 412 g/mol. The Balaban J connectivity index is 2.12. The van der Waals surface area contributed by atoms with Crippen LogP contribution in [0.1, 0.15) is 83.9 Å². The molecule has 0 radical (unpaired) electrons. The molecule has 0 N–H and O–H groups in total. The lowest BCUT2D eigenvalue weighted by Crippen LogP contribution is -2.49. The topological polar surface area (TPSA) is 41.9 Å². The Morgan fingerprint density at radius 3 is 2.30 bits per heavy atom. The number of hydrogen-bond acceptors (Lipinski definition) is 3. The zero-order valence-corrected chi connectivity index (χ0v) is 20.2. The lowest BCUT2D eigenvalue weighted by atomic mass is 9.69. The van der Waals surface area contributed by atoms with E-state index >= 15 is 0 Å². The molecule has 1 saturated carbocycles. The molecule has 2 aliphatic rings. The van der Waals surface area contributed by atoms with Crippen LogP contribution in [0.3, 0.4) is 0 Å². The molecule has 1 aliphatic heterocycles. The summed E-state index contributed by atoms with van der Waals surface area (Å²) in [6.07, 6.45) is 5.21. The minimum atomic E-state index is -0.801. The Morgan fingerprint density at radius 1 is 1.17 bits per heavy atom. The van der Waals surface area contributed by atoms with Gasteiger partial charge < -0.3 is 4.74 Å². The van der Waals surface area contributed by atoms with Gasteiger partial charge in [0.15, 0.2) is 5.54 Å². The Hall–Kier alpha value is -1.68. The molecule has 0 spiro atoms. The molecule has 0 aromatic heterocycles. The van der Waals surface area contributed by atoms with Gasteiger partial charge in [-0.2, -0.15) is 0 Å². The van der Waals surface area contributed by atoms with E-state index in [0.29, 0.717) is 6.10 Å². The number of amides is 1. The van der Waals surface area contributed by atoms with Crippen molar-refractivity contribution in [3.8, 4) is 0 Å². The second-order valence-corrected chi connectivity index (χ2v) is 10.8. The molecule has 1 amide bonds. The molecule has 166 valence electrons. The minimum absolute atomic E-state index is 0.108. The van der Waals surface area contributed by atoms with Crippen LogP contribution < -0.4 is 0 Å². The number of hydrogen-bond donors (Lipinski definition) is 0. The van der Waals surface area contributed by atoms with E-state index in [2.05, 4.69) is 59.7 Å². The summed E-state index contributed by atoms with van der Waals surface area (Å²) in [6, 6.07) is 6.79. The van der Waals surface area contributed by atoms with Gasteiger partial charge >= 0.3 is 0 Å². The third-order valence-electron chi connectivity index (χ3n) is 6.79. The van der Waals surface area contributed by atoms with Gasteiger partial charge in [0.1, 0.15) is 5.84 Å². The van der Waals surface area contributed by atoms with Crippen LogP contribution in [0.2, 0.25) is 0 Å². The first-order chi connectivity index (χ1) is 14.0. The van der Waals surface area contributed by atoms with Crippen LogP contribution in [-0.2, 0) is 21.5 Å². The summed E-state index contributed by atoms with van der Waals surface area (Å²) in [5.74, 6) is 1.22. The van der Waals surface area contributed by atoms with Crippen molar-refractivity contribution >= 4 is 11.7 Å². The van der Waals surface area contributed by atoms with Crippen LogP contribution in [-0.4, -0.2) is 35.9 Å². The largest absolute Gasteiger partial charge is 0.381 e. The van der Waals surface area contributed by atoms with Gasteiger partial charge in [0.05, 0.1) is 6.10 Å². The summed E-state index contributed by atoms with van der Waals surface area (Å²) < 4.78 is 5.61. The van der Waals surface area contributed by atoms with Crippen molar-refractivity contribution in [3.05, 3.63) is 34.9 Å². The van der Waals surface area contributed by atoms with Crippen molar-refractivity contribution in [1.29, 1.82) is 0 Å². The van der Waals surface area contributed by atoms with Crippen LogP contribution in [0.25, 0.3) is 0 Å². The first kappa shape index (κ1) is 23.0. The molecule has 1 aromatic carbocycles. The average molecular weight is 413 g/mol. The SMILES string of the molecule is COC1CCC(C2(c3cc(CC(C)(C)C)ccc3C)N=C(C)N(C(C)C)C2=O)CC1. The summed E-state index contributed by atoms with van der Waals surface area (Å²) >= 11 is 0. The molecule has 1 fully saturated rings. The van der Waals surface area contributed by atoms with Crippen molar-refractivity contribution in [1.82, 2.24) is 4.90 Å². The number of aliphatic imine (C=N–C) groups is 1. The highest BCUT2D eigenvalue weighted by atomic mass is 16.5. The second kappa shape index (κ2) is 8.45. The van der Waals surface area contributed by atoms with Crippen molar-refractivity contribution in [2.75, 3.05) is 7.11 Å². The maximum atomic E-state index is 14.1. The predicted octanol–water partition coefficient (Wildman–Crippen LogP) is 5.65. The predicted molar refractivity (Wildman–Crippen MR) is 124 cm³/mol. The number of amidine groups is 1. The molecule has 4 nitrogen and oxygen atoms in total. The molecule has 4 heteroatoms. The van der Waals surface area contributed by atoms with E-state index in [9.17, 15) is 4.79 Å². The zero-order chi connectivity index (χ0) is 22.3. The molecule has 1 heterocycles. The Bertz CT molecular complexity index is 813. The molecular weight excluding hydrogens is 372 g/mol. The van der Waals surface area contributed by atoms with Gasteiger partial charge in [-0.3, -0.25) is 14.7 Å². The third-order valence-corrected chi connectivity index (χ3v) is 6.79. The lowest BCUT2D eigenvalue weighted by molar-refractivity contribution is -0.135. The Morgan fingerprint density at radius 2 is 1.80 bits per heavy atom. The van der Waals surface area contributed by atoms with Crippen molar-refractivity contribution in [2.45, 2.75) is 98.3 Å². The van der Waals surface area contributed by atoms with Crippen LogP contribution in [0.5, 0.6) is 0 Å². The van der Waals surface area contributed by atoms with Crippen LogP contribution in [0.15, 0.2) is 23.2 Å². The van der Waals surface area contributed by atoms with Crippen molar-refractivity contribution < 1.29 is 9.53 Å². The van der Waals surface area contributed by atoms with E-state index in [1.54, 1.807) is 7.11 Å². The summed E-state index contributed by atoms with van der Waals surface area (Å²) in [5.41, 5.74) is 2.95. The Kier molecular flexibility index (Phi) is 6.48. The average Bonchev–Trinajstić information content (AvgIpc) is 2.93. The Labute approximate surface area is 183 Å². The molecule has 1 aromatic rings. The molecule has 0 saturated heterocycles. The summed E-state index contributed by atoms with van der Waals surface area (Å²) in [6.45, 7) is 15.1. The smallest absolute Gasteiger partial charge is 0.261 e. The van der Waals surface area contributed by atoms with Crippen LogP contribution >= 0.6 is 0 Å².